The van der Waals surface area contributed by atoms with Crippen LogP contribution < -0.4 is 0 Å². The van der Waals surface area contributed by atoms with Crippen molar-refractivity contribution in [1.29, 1.82) is 0 Å². The summed E-state index contributed by atoms with van der Waals surface area (Å²) in [6.45, 7) is 0. The number of carbonyl (C=O) groups is 1. The van der Waals surface area contributed by atoms with Crippen LogP contribution in [0.2, 0.25) is 0 Å². The first-order chi connectivity index (χ1) is 10.0. The molecular weight excluding hydrogens is 268 g/mol. The predicted octanol–water partition coefficient (Wildman–Crippen LogP) is 3.20. The van der Waals surface area contributed by atoms with E-state index in [9.17, 15) is 20.1 Å². The van der Waals surface area contributed by atoms with E-state index in [2.05, 4.69) is 0 Å². The van der Waals surface area contributed by atoms with Gasteiger partial charge in [0.2, 0.25) is 0 Å². The van der Waals surface area contributed by atoms with E-state index in [1.807, 2.05) is 30.3 Å². The number of aromatic hydroxyl groups is 2. The molecule has 0 radical (unpaired) electrons. The molecule has 0 unspecified atom stereocenters. The van der Waals surface area contributed by atoms with Crippen LogP contribution in [0.1, 0.15) is 17.5 Å². The Morgan fingerprint density at radius 3 is 2.19 bits per heavy atom. The Morgan fingerprint density at radius 1 is 1.00 bits per heavy atom. The molecule has 0 fully saturated rings. The van der Waals surface area contributed by atoms with Crippen LogP contribution in [-0.2, 0) is 11.2 Å². The fourth-order valence-corrected chi connectivity index (χ4v) is 2.07. The standard InChI is InChI=1S/C17H16O4/c18-15-9-13(10-16(19)11-15)8-14(17(20)21)7-6-12-4-2-1-3-5-12/h1-5,8-11,18-19H,6-7H2,(H,20,21)/b14-8+. The van der Waals surface area contributed by atoms with Gasteiger partial charge in [-0.15, -0.1) is 0 Å². The van der Waals surface area contributed by atoms with Crippen molar-refractivity contribution in [3.8, 4) is 11.5 Å². The largest absolute Gasteiger partial charge is 0.508 e. The van der Waals surface area contributed by atoms with Crippen LogP contribution in [0, 0.1) is 0 Å². The maximum absolute atomic E-state index is 11.3. The van der Waals surface area contributed by atoms with Crippen molar-refractivity contribution in [3.63, 3.8) is 0 Å². The molecule has 0 atom stereocenters. The molecule has 4 heteroatoms. The fraction of sp³-hybridized carbons (Fsp3) is 0.118. The van der Waals surface area contributed by atoms with Crippen molar-refractivity contribution < 1.29 is 20.1 Å². The lowest BCUT2D eigenvalue weighted by Gasteiger charge is -2.04. The number of rotatable bonds is 5. The van der Waals surface area contributed by atoms with Gasteiger partial charge in [-0.25, -0.2) is 4.79 Å². The first-order valence-electron chi connectivity index (χ1n) is 6.55. The van der Waals surface area contributed by atoms with Gasteiger partial charge in [0.05, 0.1) is 0 Å². The molecule has 3 N–H and O–H groups in total. The summed E-state index contributed by atoms with van der Waals surface area (Å²) in [4.78, 5) is 11.3. The van der Waals surface area contributed by atoms with Gasteiger partial charge >= 0.3 is 5.97 Å². The van der Waals surface area contributed by atoms with Crippen molar-refractivity contribution in [3.05, 3.63) is 65.2 Å². The average Bonchev–Trinajstić information content (AvgIpc) is 2.43. The minimum atomic E-state index is -1.01. The molecule has 21 heavy (non-hydrogen) atoms. The zero-order valence-electron chi connectivity index (χ0n) is 11.4. The minimum Gasteiger partial charge on any atom is -0.508 e. The SMILES string of the molecule is O=C(O)/C(=C/c1cc(O)cc(O)c1)CCc1ccccc1. The van der Waals surface area contributed by atoms with Gasteiger partial charge in [0.25, 0.3) is 0 Å². The third-order valence-electron chi connectivity index (χ3n) is 3.07. The lowest BCUT2D eigenvalue weighted by atomic mass is 10.0. The van der Waals surface area contributed by atoms with Crippen LogP contribution in [0.25, 0.3) is 6.08 Å². The minimum absolute atomic E-state index is 0.103. The molecule has 0 heterocycles. The highest BCUT2D eigenvalue weighted by Crippen LogP contribution is 2.23. The molecule has 0 bridgehead atoms. The van der Waals surface area contributed by atoms with Crippen molar-refractivity contribution in [2.45, 2.75) is 12.8 Å². The molecular formula is C17H16O4. The molecule has 4 nitrogen and oxygen atoms in total. The molecule has 108 valence electrons. The number of carboxylic acids is 1. The summed E-state index contributed by atoms with van der Waals surface area (Å²) in [7, 11) is 0. The number of carboxylic acid groups (broad SMARTS) is 1. The zero-order chi connectivity index (χ0) is 15.2. The lowest BCUT2D eigenvalue weighted by Crippen LogP contribution is -2.02. The van der Waals surface area contributed by atoms with Crippen LogP contribution in [0.15, 0.2) is 54.1 Å². The van der Waals surface area contributed by atoms with Crippen molar-refractivity contribution in [2.24, 2.45) is 0 Å². The van der Waals surface area contributed by atoms with Crippen LogP contribution in [-0.4, -0.2) is 21.3 Å². The molecule has 2 aromatic carbocycles. The number of aryl methyl sites for hydroxylation is 1. The normalized spacial score (nSPS) is 11.3. The Kier molecular flexibility index (Phi) is 4.61. The Hall–Kier alpha value is -2.75. The second kappa shape index (κ2) is 6.61. The third-order valence-corrected chi connectivity index (χ3v) is 3.07. The smallest absolute Gasteiger partial charge is 0.331 e. The van der Waals surface area contributed by atoms with E-state index in [4.69, 9.17) is 0 Å². The maximum atomic E-state index is 11.3. The number of benzene rings is 2. The highest BCUT2D eigenvalue weighted by atomic mass is 16.4. The first kappa shape index (κ1) is 14.7. The number of phenolic OH excluding ortho intramolecular Hbond substituents is 2. The molecule has 0 amide bonds. The van der Waals surface area contributed by atoms with Crippen molar-refractivity contribution >= 4 is 12.0 Å². The topological polar surface area (TPSA) is 77.8 Å². The van der Waals surface area contributed by atoms with Crippen LogP contribution >= 0.6 is 0 Å². The Bertz CT molecular complexity index is 639. The monoisotopic (exact) mass is 284 g/mol. The Labute approximate surface area is 122 Å². The number of phenols is 2. The second-order valence-electron chi connectivity index (χ2n) is 4.74. The van der Waals surface area contributed by atoms with E-state index in [-0.39, 0.29) is 17.1 Å². The van der Waals surface area contributed by atoms with Crippen molar-refractivity contribution in [1.82, 2.24) is 0 Å². The average molecular weight is 284 g/mol. The molecule has 0 saturated carbocycles. The van der Waals surface area contributed by atoms with Gasteiger partial charge < -0.3 is 15.3 Å². The summed E-state index contributed by atoms with van der Waals surface area (Å²) in [5, 5.41) is 28.1. The number of hydrogen-bond acceptors (Lipinski definition) is 3. The molecule has 0 aliphatic heterocycles. The van der Waals surface area contributed by atoms with Gasteiger partial charge in [0.1, 0.15) is 11.5 Å². The summed E-state index contributed by atoms with van der Waals surface area (Å²) in [5.74, 6) is -1.21. The zero-order valence-corrected chi connectivity index (χ0v) is 11.4. The van der Waals surface area contributed by atoms with E-state index in [1.54, 1.807) is 0 Å². The van der Waals surface area contributed by atoms with Gasteiger partial charge in [-0.05, 0) is 42.2 Å². The van der Waals surface area contributed by atoms with E-state index in [0.29, 0.717) is 18.4 Å². The van der Waals surface area contributed by atoms with E-state index in [0.717, 1.165) is 5.56 Å². The number of aliphatic carboxylic acids is 1. The number of hydrogen-bond donors (Lipinski definition) is 3. The van der Waals surface area contributed by atoms with E-state index >= 15 is 0 Å². The fourth-order valence-electron chi connectivity index (χ4n) is 2.07. The van der Waals surface area contributed by atoms with Gasteiger partial charge in [-0.2, -0.15) is 0 Å². The molecule has 2 aromatic rings. The summed E-state index contributed by atoms with van der Waals surface area (Å²) in [6.07, 6.45) is 2.45. The first-order valence-corrected chi connectivity index (χ1v) is 6.55. The molecule has 0 saturated heterocycles. The van der Waals surface area contributed by atoms with Crippen LogP contribution in [0.3, 0.4) is 0 Å². The maximum Gasteiger partial charge on any atom is 0.331 e. The van der Waals surface area contributed by atoms with E-state index in [1.165, 1.54) is 24.3 Å². The highest BCUT2D eigenvalue weighted by Gasteiger charge is 2.08. The van der Waals surface area contributed by atoms with Crippen molar-refractivity contribution in [2.75, 3.05) is 0 Å². The molecule has 0 aromatic heterocycles. The second-order valence-corrected chi connectivity index (χ2v) is 4.74. The Balaban J connectivity index is 2.18. The molecule has 2 rings (SSSR count). The quantitative estimate of drug-likeness (QED) is 0.737. The van der Waals surface area contributed by atoms with Gasteiger partial charge in [-0.1, -0.05) is 30.3 Å². The summed E-state index contributed by atoms with van der Waals surface area (Å²) in [5.41, 5.74) is 1.74. The molecule has 0 aliphatic rings. The summed E-state index contributed by atoms with van der Waals surface area (Å²) < 4.78 is 0. The Morgan fingerprint density at radius 2 is 1.62 bits per heavy atom. The van der Waals surface area contributed by atoms with E-state index < -0.39 is 5.97 Å². The lowest BCUT2D eigenvalue weighted by molar-refractivity contribution is -0.132. The summed E-state index contributed by atoms with van der Waals surface area (Å²) in [6, 6.07) is 13.6. The van der Waals surface area contributed by atoms with Crippen LogP contribution in [0.4, 0.5) is 0 Å². The van der Waals surface area contributed by atoms with Gasteiger partial charge in [0.15, 0.2) is 0 Å². The third kappa shape index (κ3) is 4.38. The molecule has 0 spiro atoms. The van der Waals surface area contributed by atoms with Gasteiger partial charge in [0, 0.05) is 11.6 Å². The predicted molar refractivity (Wildman–Crippen MR) is 80.1 cm³/mol. The van der Waals surface area contributed by atoms with Crippen LogP contribution in [0.5, 0.6) is 11.5 Å². The van der Waals surface area contributed by atoms with Gasteiger partial charge in [-0.3, -0.25) is 0 Å². The summed E-state index contributed by atoms with van der Waals surface area (Å²) >= 11 is 0. The highest BCUT2D eigenvalue weighted by molar-refractivity contribution is 5.92. The molecule has 0 aliphatic carbocycles.